The van der Waals surface area contributed by atoms with Crippen LogP contribution < -0.4 is 0 Å². The van der Waals surface area contributed by atoms with Crippen molar-refractivity contribution in [2.24, 2.45) is 0 Å². The molecule has 0 aromatic heterocycles. The van der Waals surface area contributed by atoms with Crippen LogP contribution in [0.1, 0.15) is 31.7 Å². The van der Waals surface area contributed by atoms with Gasteiger partial charge in [0, 0.05) is 6.07 Å². The Bertz CT molecular complexity index is 307. The number of halogens is 2. The molecule has 0 N–H and O–H groups in total. The van der Waals surface area contributed by atoms with Gasteiger partial charge in [-0.25, -0.2) is 8.78 Å². The second-order valence-corrected chi connectivity index (χ2v) is 3.79. The van der Waals surface area contributed by atoms with Crippen LogP contribution in [0.15, 0.2) is 18.2 Å². The molecule has 70 valence electrons. The van der Waals surface area contributed by atoms with Crippen LogP contribution in [0.3, 0.4) is 0 Å². The van der Waals surface area contributed by atoms with Crippen LogP contribution in [0.2, 0.25) is 0 Å². The van der Waals surface area contributed by atoms with Crippen molar-refractivity contribution in [2.45, 2.75) is 31.6 Å². The van der Waals surface area contributed by atoms with E-state index in [2.05, 4.69) is 6.92 Å². The Balaban J connectivity index is 2.40. The summed E-state index contributed by atoms with van der Waals surface area (Å²) < 4.78 is 25.8. The highest BCUT2D eigenvalue weighted by Gasteiger charge is 2.42. The Kier molecular flexibility index (Phi) is 1.86. The summed E-state index contributed by atoms with van der Waals surface area (Å²) in [6, 6.07) is 3.84. The van der Waals surface area contributed by atoms with Gasteiger partial charge >= 0.3 is 0 Å². The minimum Gasteiger partial charge on any atom is -0.207 e. The molecule has 1 aromatic carbocycles. The van der Waals surface area contributed by atoms with Crippen molar-refractivity contribution in [3.05, 3.63) is 35.4 Å². The Morgan fingerprint density at radius 3 is 2.08 bits per heavy atom. The van der Waals surface area contributed by atoms with Gasteiger partial charge in [-0.1, -0.05) is 6.92 Å². The quantitative estimate of drug-likeness (QED) is 0.657. The molecule has 0 bridgehead atoms. The summed E-state index contributed by atoms with van der Waals surface area (Å²) in [7, 11) is 0. The summed E-state index contributed by atoms with van der Waals surface area (Å²) in [4.78, 5) is 0. The van der Waals surface area contributed by atoms with E-state index in [-0.39, 0.29) is 5.41 Å². The highest BCUT2D eigenvalue weighted by molar-refractivity contribution is 5.31. The molecular weight excluding hydrogens is 170 g/mol. The predicted octanol–water partition coefficient (Wildman–Crippen LogP) is 3.41. The van der Waals surface area contributed by atoms with E-state index in [1.165, 1.54) is 12.1 Å². The molecule has 0 radical (unpaired) electrons. The van der Waals surface area contributed by atoms with E-state index >= 15 is 0 Å². The average Bonchev–Trinajstić information content (AvgIpc) is 2.82. The lowest BCUT2D eigenvalue weighted by Crippen LogP contribution is -2.05. The van der Waals surface area contributed by atoms with Crippen LogP contribution in [-0.4, -0.2) is 0 Å². The predicted molar refractivity (Wildman–Crippen MR) is 47.6 cm³/mol. The maximum atomic E-state index is 12.9. The summed E-state index contributed by atoms with van der Waals surface area (Å²) in [6.45, 7) is 2.07. The third-order valence-electron chi connectivity index (χ3n) is 3.01. The van der Waals surface area contributed by atoms with Gasteiger partial charge in [0.05, 0.1) is 0 Å². The fourth-order valence-electron chi connectivity index (χ4n) is 1.86. The number of benzene rings is 1. The first-order valence-corrected chi connectivity index (χ1v) is 4.63. The molecule has 13 heavy (non-hydrogen) atoms. The molecule has 0 saturated heterocycles. The van der Waals surface area contributed by atoms with Gasteiger partial charge in [0.15, 0.2) is 0 Å². The Hall–Kier alpha value is -0.920. The second-order valence-electron chi connectivity index (χ2n) is 3.79. The topological polar surface area (TPSA) is 0 Å². The molecule has 0 unspecified atom stereocenters. The van der Waals surface area contributed by atoms with E-state index in [4.69, 9.17) is 0 Å². The molecule has 0 aliphatic heterocycles. The highest BCUT2D eigenvalue weighted by Crippen LogP contribution is 2.50. The van der Waals surface area contributed by atoms with Crippen molar-refractivity contribution in [3.8, 4) is 0 Å². The summed E-state index contributed by atoms with van der Waals surface area (Å²) in [5, 5.41) is 0. The Labute approximate surface area is 76.6 Å². The fourth-order valence-corrected chi connectivity index (χ4v) is 1.86. The molecule has 0 nitrogen and oxygen atoms in total. The van der Waals surface area contributed by atoms with Crippen LogP contribution in [0.25, 0.3) is 0 Å². The van der Waals surface area contributed by atoms with E-state index in [1.807, 2.05) is 0 Å². The normalized spacial score (nSPS) is 18.7. The molecule has 0 heterocycles. The van der Waals surface area contributed by atoms with Gasteiger partial charge in [-0.2, -0.15) is 0 Å². The summed E-state index contributed by atoms with van der Waals surface area (Å²) in [6.07, 6.45) is 3.09. The minimum atomic E-state index is -0.463. The monoisotopic (exact) mass is 182 g/mol. The van der Waals surface area contributed by atoms with Crippen LogP contribution in [0, 0.1) is 11.6 Å². The molecule has 2 heteroatoms. The van der Waals surface area contributed by atoms with Gasteiger partial charge < -0.3 is 0 Å². The van der Waals surface area contributed by atoms with Gasteiger partial charge in [-0.05, 0) is 42.4 Å². The largest absolute Gasteiger partial charge is 0.207 e. The lowest BCUT2D eigenvalue weighted by Gasteiger charge is -2.12. The summed E-state index contributed by atoms with van der Waals surface area (Å²) in [5.74, 6) is -0.926. The van der Waals surface area contributed by atoms with E-state index in [9.17, 15) is 8.78 Å². The van der Waals surface area contributed by atoms with Crippen molar-refractivity contribution in [1.29, 1.82) is 0 Å². The molecule has 1 saturated carbocycles. The van der Waals surface area contributed by atoms with Crippen LogP contribution in [-0.2, 0) is 5.41 Å². The molecule has 1 aromatic rings. The van der Waals surface area contributed by atoms with Gasteiger partial charge in [0.25, 0.3) is 0 Å². The fraction of sp³-hybridized carbons (Fsp3) is 0.455. The third kappa shape index (κ3) is 1.45. The van der Waals surface area contributed by atoms with Crippen LogP contribution in [0.4, 0.5) is 8.78 Å². The number of hydrogen-bond donors (Lipinski definition) is 0. The van der Waals surface area contributed by atoms with Gasteiger partial charge in [-0.15, -0.1) is 0 Å². The van der Waals surface area contributed by atoms with Crippen molar-refractivity contribution < 1.29 is 8.78 Å². The summed E-state index contributed by atoms with van der Waals surface area (Å²) in [5.41, 5.74) is 0.913. The standard InChI is InChI=1S/C11H12F2/c1-2-11(3-4-11)8-5-9(12)7-10(13)6-8/h5-7H,2-4H2,1H3. The Morgan fingerprint density at radius 2 is 1.69 bits per heavy atom. The lowest BCUT2D eigenvalue weighted by atomic mass is 9.93. The van der Waals surface area contributed by atoms with Crippen molar-refractivity contribution in [1.82, 2.24) is 0 Å². The summed E-state index contributed by atoms with van der Waals surface area (Å²) >= 11 is 0. The highest BCUT2D eigenvalue weighted by atomic mass is 19.1. The molecule has 0 amide bonds. The van der Waals surface area contributed by atoms with Gasteiger partial charge in [0.1, 0.15) is 11.6 Å². The molecule has 0 atom stereocenters. The van der Waals surface area contributed by atoms with Crippen molar-refractivity contribution in [2.75, 3.05) is 0 Å². The molecule has 2 rings (SSSR count). The molecular formula is C11H12F2. The first-order chi connectivity index (χ1) is 6.16. The number of rotatable bonds is 2. The van der Waals surface area contributed by atoms with E-state index in [0.29, 0.717) is 0 Å². The zero-order valence-corrected chi connectivity index (χ0v) is 7.61. The number of hydrogen-bond acceptors (Lipinski definition) is 0. The average molecular weight is 182 g/mol. The lowest BCUT2D eigenvalue weighted by molar-refractivity contribution is 0.566. The Morgan fingerprint density at radius 1 is 1.15 bits per heavy atom. The zero-order chi connectivity index (χ0) is 9.47. The molecule has 0 spiro atoms. The van der Waals surface area contributed by atoms with E-state index < -0.39 is 11.6 Å². The maximum Gasteiger partial charge on any atom is 0.126 e. The van der Waals surface area contributed by atoms with Crippen LogP contribution >= 0.6 is 0 Å². The van der Waals surface area contributed by atoms with Crippen molar-refractivity contribution in [3.63, 3.8) is 0 Å². The second kappa shape index (κ2) is 2.79. The zero-order valence-electron chi connectivity index (χ0n) is 7.61. The minimum absolute atomic E-state index is 0.0862. The molecule has 1 aliphatic rings. The van der Waals surface area contributed by atoms with Gasteiger partial charge in [-0.3, -0.25) is 0 Å². The van der Waals surface area contributed by atoms with Crippen molar-refractivity contribution >= 4 is 0 Å². The van der Waals surface area contributed by atoms with Crippen LogP contribution in [0.5, 0.6) is 0 Å². The molecule has 1 aliphatic carbocycles. The smallest absolute Gasteiger partial charge is 0.126 e. The van der Waals surface area contributed by atoms with Gasteiger partial charge in [0.2, 0.25) is 0 Å². The maximum absolute atomic E-state index is 12.9. The SMILES string of the molecule is CCC1(c2cc(F)cc(F)c2)CC1. The first-order valence-electron chi connectivity index (χ1n) is 4.63. The van der Waals surface area contributed by atoms with E-state index in [1.54, 1.807) is 0 Å². The third-order valence-corrected chi connectivity index (χ3v) is 3.01. The first kappa shape index (κ1) is 8.67. The molecule has 1 fully saturated rings. The van der Waals surface area contributed by atoms with E-state index in [0.717, 1.165) is 30.9 Å².